The first-order valence-corrected chi connectivity index (χ1v) is 7.91. The maximum atomic E-state index is 12.6. The van der Waals surface area contributed by atoms with Gasteiger partial charge in [0.2, 0.25) is 11.8 Å². The van der Waals surface area contributed by atoms with Crippen LogP contribution in [-0.4, -0.2) is 75.7 Å². The van der Waals surface area contributed by atoms with Crippen LogP contribution in [0.3, 0.4) is 0 Å². The zero-order valence-corrected chi connectivity index (χ0v) is 13.2. The van der Waals surface area contributed by atoms with Crippen molar-refractivity contribution in [3.8, 4) is 0 Å². The number of carbonyl (C=O) groups is 3. The van der Waals surface area contributed by atoms with Crippen molar-refractivity contribution < 1.29 is 19.5 Å². The lowest BCUT2D eigenvalue weighted by atomic mass is 9.77. The third-order valence-electron chi connectivity index (χ3n) is 4.49. The van der Waals surface area contributed by atoms with E-state index in [9.17, 15) is 19.5 Å². The lowest BCUT2D eigenvalue weighted by molar-refractivity contribution is -0.181. The highest BCUT2D eigenvalue weighted by molar-refractivity contribution is 7.80. The van der Waals surface area contributed by atoms with Crippen LogP contribution in [0.15, 0.2) is 0 Å². The van der Waals surface area contributed by atoms with Crippen molar-refractivity contribution >= 4 is 30.4 Å². The van der Waals surface area contributed by atoms with E-state index in [0.29, 0.717) is 13.0 Å². The number of primary amides is 1. The van der Waals surface area contributed by atoms with Gasteiger partial charge in [-0.1, -0.05) is 0 Å². The number of aliphatic hydroxyl groups excluding tert-OH is 1. The summed E-state index contributed by atoms with van der Waals surface area (Å²) in [6.45, 7) is 0.131. The van der Waals surface area contributed by atoms with Crippen LogP contribution in [0.4, 0.5) is 0 Å². The number of carbonyl (C=O) groups excluding carboxylic acids is 3. The highest BCUT2D eigenvalue weighted by Crippen LogP contribution is 2.39. The predicted molar refractivity (Wildman–Crippen MR) is 81.9 cm³/mol. The van der Waals surface area contributed by atoms with Gasteiger partial charge in [-0.25, -0.2) is 0 Å². The molecule has 2 aliphatic heterocycles. The summed E-state index contributed by atoms with van der Waals surface area (Å²) in [6, 6.07) is -1.81. The molecule has 2 aliphatic rings. The molecule has 2 heterocycles. The number of β-lactam (4-membered cyclic amide) rings is 1. The minimum atomic E-state index is -1.05. The molecule has 9 heteroatoms. The lowest BCUT2D eigenvalue weighted by Gasteiger charge is -2.57. The van der Waals surface area contributed by atoms with E-state index in [1.807, 2.05) is 0 Å². The van der Waals surface area contributed by atoms with Gasteiger partial charge in [-0.3, -0.25) is 14.4 Å². The minimum absolute atomic E-state index is 0.198. The topological polar surface area (TPSA) is 130 Å². The van der Waals surface area contributed by atoms with E-state index in [2.05, 4.69) is 12.6 Å². The van der Waals surface area contributed by atoms with Crippen molar-refractivity contribution in [2.24, 2.45) is 11.5 Å². The van der Waals surface area contributed by atoms with Gasteiger partial charge in [0.25, 0.3) is 5.91 Å². The minimum Gasteiger partial charge on any atom is -0.394 e. The van der Waals surface area contributed by atoms with Crippen LogP contribution in [0, 0.1) is 0 Å². The molecule has 1 spiro atoms. The molecule has 3 atom stereocenters. The molecule has 1 unspecified atom stereocenters. The first kappa shape index (κ1) is 17.0. The van der Waals surface area contributed by atoms with Crippen LogP contribution < -0.4 is 11.5 Å². The molecule has 0 aromatic rings. The summed E-state index contributed by atoms with van der Waals surface area (Å²) in [7, 11) is 0. The number of rotatable bonds is 5. The summed E-state index contributed by atoms with van der Waals surface area (Å²) in [5.74, 6) is -1.21. The van der Waals surface area contributed by atoms with E-state index in [0.717, 1.165) is 12.8 Å². The Balaban J connectivity index is 2.20. The fourth-order valence-electron chi connectivity index (χ4n) is 3.21. The molecule has 2 rings (SSSR count). The Morgan fingerprint density at radius 2 is 2.09 bits per heavy atom. The number of thiol groups is 1. The maximum absolute atomic E-state index is 12.6. The van der Waals surface area contributed by atoms with Gasteiger partial charge in [0.05, 0.1) is 19.2 Å². The number of amides is 3. The quantitative estimate of drug-likeness (QED) is 0.332. The summed E-state index contributed by atoms with van der Waals surface area (Å²) in [6.07, 6.45) is 2.16. The Morgan fingerprint density at radius 1 is 1.41 bits per heavy atom. The second kappa shape index (κ2) is 6.43. The summed E-state index contributed by atoms with van der Waals surface area (Å²) in [4.78, 5) is 39.1. The number of likely N-dealkylation sites (tertiary alicyclic amines) is 2. The van der Waals surface area contributed by atoms with Gasteiger partial charge < -0.3 is 26.4 Å². The van der Waals surface area contributed by atoms with Gasteiger partial charge in [-0.15, -0.1) is 0 Å². The molecule has 0 aromatic carbocycles. The van der Waals surface area contributed by atoms with E-state index in [4.69, 9.17) is 11.5 Å². The van der Waals surface area contributed by atoms with Gasteiger partial charge in [0.15, 0.2) is 0 Å². The van der Waals surface area contributed by atoms with Gasteiger partial charge in [0.1, 0.15) is 11.6 Å². The second-order valence-corrected chi connectivity index (χ2v) is 6.17. The molecule has 0 saturated carbocycles. The summed E-state index contributed by atoms with van der Waals surface area (Å²) in [5, 5.41) is 9.23. The number of aliphatic hydroxyl groups is 1. The van der Waals surface area contributed by atoms with Crippen LogP contribution in [0.1, 0.15) is 19.3 Å². The molecule has 22 heavy (non-hydrogen) atoms. The average molecular weight is 330 g/mol. The Kier molecular flexibility index (Phi) is 4.98. The van der Waals surface area contributed by atoms with E-state index in [-0.39, 0.29) is 24.1 Å². The number of nitrogens with two attached hydrogens (primary N) is 2. The molecule has 0 aliphatic carbocycles. The van der Waals surface area contributed by atoms with Crippen LogP contribution in [0.5, 0.6) is 0 Å². The van der Waals surface area contributed by atoms with Gasteiger partial charge in [0, 0.05) is 12.3 Å². The third-order valence-corrected chi connectivity index (χ3v) is 4.88. The zero-order valence-electron chi connectivity index (χ0n) is 12.3. The fraction of sp³-hybridized carbons (Fsp3) is 0.769. The van der Waals surface area contributed by atoms with Crippen molar-refractivity contribution in [3.63, 3.8) is 0 Å². The number of hydrogen-bond acceptors (Lipinski definition) is 6. The fourth-order valence-corrected chi connectivity index (χ4v) is 3.37. The molecule has 3 amide bonds. The molecule has 124 valence electrons. The average Bonchev–Trinajstić information content (AvgIpc) is 2.53. The van der Waals surface area contributed by atoms with Crippen LogP contribution in [0.25, 0.3) is 0 Å². The number of hydrogen-bond donors (Lipinski definition) is 4. The molecule has 2 fully saturated rings. The highest BCUT2D eigenvalue weighted by Gasteiger charge is 2.60. The molecular formula is C13H22N4O4S. The van der Waals surface area contributed by atoms with Crippen molar-refractivity contribution in [2.45, 2.75) is 36.9 Å². The Hall–Kier alpha value is -1.32. The largest absolute Gasteiger partial charge is 0.394 e. The monoisotopic (exact) mass is 330 g/mol. The molecule has 2 saturated heterocycles. The van der Waals surface area contributed by atoms with E-state index in [1.165, 1.54) is 9.80 Å². The molecule has 8 nitrogen and oxygen atoms in total. The maximum Gasteiger partial charge on any atom is 0.251 e. The van der Waals surface area contributed by atoms with E-state index < -0.39 is 30.1 Å². The zero-order chi connectivity index (χ0) is 16.5. The second-order valence-electron chi connectivity index (χ2n) is 5.80. The predicted octanol–water partition coefficient (Wildman–Crippen LogP) is -2.32. The van der Waals surface area contributed by atoms with Crippen LogP contribution in [0.2, 0.25) is 0 Å². The van der Waals surface area contributed by atoms with Gasteiger partial charge >= 0.3 is 0 Å². The van der Waals surface area contributed by atoms with Crippen LogP contribution >= 0.6 is 12.6 Å². The van der Waals surface area contributed by atoms with Gasteiger partial charge in [-0.2, -0.15) is 12.6 Å². The molecule has 0 radical (unpaired) electrons. The van der Waals surface area contributed by atoms with Crippen molar-refractivity contribution in [1.82, 2.24) is 9.80 Å². The molecule has 5 N–H and O–H groups in total. The van der Waals surface area contributed by atoms with E-state index in [1.54, 1.807) is 0 Å². The number of piperidine rings is 1. The van der Waals surface area contributed by atoms with Crippen molar-refractivity contribution in [1.29, 1.82) is 0 Å². The molecule has 0 bridgehead atoms. The normalized spacial score (nSPS) is 27.5. The first-order valence-electron chi connectivity index (χ1n) is 7.28. The van der Waals surface area contributed by atoms with Crippen molar-refractivity contribution in [3.05, 3.63) is 0 Å². The molecular weight excluding hydrogens is 308 g/mol. The standard InChI is InChI=1S/C13H22N4O4S/c14-8(6-22)11(20)17-4-2-1-3-13(17)7-16(12(13)21)9(5-18)10(15)19/h8-9,18,22H,1-7,14H2,(H2,15,19)/t8-,9-,13?/m0/s1. The summed E-state index contributed by atoms with van der Waals surface area (Å²) < 4.78 is 0. The Labute approximate surface area is 134 Å². The number of nitrogens with zero attached hydrogens (tertiary/aromatic N) is 2. The smallest absolute Gasteiger partial charge is 0.251 e. The highest BCUT2D eigenvalue weighted by atomic mass is 32.1. The molecule has 0 aromatic heterocycles. The Bertz CT molecular complexity index is 489. The first-order chi connectivity index (χ1) is 10.4. The van der Waals surface area contributed by atoms with E-state index >= 15 is 0 Å². The van der Waals surface area contributed by atoms with Crippen molar-refractivity contribution in [2.75, 3.05) is 25.4 Å². The third kappa shape index (κ3) is 2.57. The Morgan fingerprint density at radius 3 is 2.59 bits per heavy atom. The van der Waals surface area contributed by atoms with Gasteiger partial charge in [-0.05, 0) is 19.3 Å². The SMILES string of the molecule is NC(=O)[C@H](CO)N1CC2(CCCCN2C(=O)[C@@H](N)CS)C1=O. The summed E-state index contributed by atoms with van der Waals surface area (Å²) >= 11 is 4.03. The lowest BCUT2D eigenvalue weighted by Crippen LogP contribution is -2.79. The van der Waals surface area contributed by atoms with Crippen LogP contribution in [-0.2, 0) is 14.4 Å². The summed E-state index contributed by atoms with van der Waals surface area (Å²) in [5.41, 5.74) is 10.0.